The summed E-state index contributed by atoms with van der Waals surface area (Å²) < 4.78 is 6.50. The van der Waals surface area contributed by atoms with E-state index in [2.05, 4.69) is 29.5 Å². The standard InChI is InChI=1S/C14H15IO2/c1-2-3-9-11-12(15)13(17-14(11)16)10-7-5-4-6-8-10/h4-8,13H,2-3,9H2,1H3/t13-/m1/s1. The van der Waals surface area contributed by atoms with Crippen molar-refractivity contribution < 1.29 is 9.53 Å². The van der Waals surface area contributed by atoms with Crippen molar-refractivity contribution >= 4 is 28.6 Å². The molecule has 2 rings (SSSR count). The van der Waals surface area contributed by atoms with Crippen molar-refractivity contribution in [2.24, 2.45) is 0 Å². The minimum Gasteiger partial charge on any atom is -0.449 e. The van der Waals surface area contributed by atoms with Gasteiger partial charge in [-0.1, -0.05) is 43.7 Å². The van der Waals surface area contributed by atoms with Crippen LogP contribution in [0.15, 0.2) is 39.5 Å². The lowest BCUT2D eigenvalue weighted by molar-refractivity contribution is -0.140. The Labute approximate surface area is 115 Å². The molecule has 0 saturated heterocycles. The highest BCUT2D eigenvalue weighted by Gasteiger charge is 2.32. The summed E-state index contributed by atoms with van der Waals surface area (Å²) in [6.07, 6.45) is 2.78. The molecule has 0 aliphatic carbocycles. The number of benzene rings is 1. The van der Waals surface area contributed by atoms with Gasteiger partial charge in [0.2, 0.25) is 0 Å². The van der Waals surface area contributed by atoms with Crippen LogP contribution in [0.4, 0.5) is 0 Å². The number of ether oxygens (including phenoxy) is 1. The van der Waals surface area contributed by atoms with Crippen molar-refractivity contribution in [2.45, 2.75) is 32.3 Å². The molecule has 1 aromatic rings. The molecule has 0 saturated carbocycles. The summed E-state index contributed by atoms with van der Waals surface area (Å²) in [6, 6.07) is 9.90. The van der Waals surface area contributed by atoms with Crippen LogP contribution in [0.5, 0.6) is 0 Å². The van der Waals surface area contributed by atoms with Crippen molar-refractivity contribution in [1.82, 2.24) is 0 Å². The zero-order valence-corrected chi connectivity index (χ0v) is 11.9. The van der Waals surface area contributed by atoms with E-state index >= 15 is 0 Å². The normalized spacial score (nSPS) is 19.6. The number of carbonyl (C=O) groups excluding carboxylic acids is 1. The molecule has 1 aliphatic heterocycles. The summed E-state index contributed by atoms with van der Waals surface area (Å²) in [4.78, 5) is 11.8. The molecule has 0 N–H and O–H groups in total. The van der Waals surface area contributed by atoms with Crippen molar-refractivity contribution in [2.75, 3.05) is 0 Å². The lowest BCUT2D eigenvalue weighted by atomic mass is 10.1. The number of cyclic esters (lactones) is 1. The predicted molar refractivity (Wildman–Crippen MR) is 75.8 cm³/mol. The smallest absolute Gasteiger partial charge is 0.335 e. The third-order valence-electron chi connectivity index (χ3n) is 2.87. The molecule has 2 nitrogen and oxygen atoms in total. The van der Waals surface area contributed by atoms with Crippen molar-refractivity contribution in [3.8, 4) is 0 Å². The van der Waals surface area contributed by atoms with Crippen LogP contribution in [0, 0.1) is 0 Å². The van der Waals surface area contributed by atoms with E-state index in [1.807, 2.05) is 30.3 Å². The molecule has 1 atom stereocenters. The van der Waals surface area contributed by atoms with Crippen LogP contribution in [0.25, 0.3) is 0 Å². The van der Waals surface area contributed by atoms with Crippen LogP contribution in [-0.2, 0) is 9.53 Å². The topological polar surface area (TPSA) is 26.3 Å². The number of rotatable bonds is 4. The van der Waals surface area contributed by atoms with E-state index in [1.165, 1.54) is 0 Å². The van der Waals surface area contributed by atoms with Gasteiger partial charge in [-0.3, -0.25) is 0 Å². The summed E-state index contributed by atoms with van der Waals surface area (Å²) in [5, 5.41) is 0. The molecular formula is C14H15IO2. The number of esters is 1. The quantitative estimate of drug-likeness (QED) is 0.607. The van der Waals surface area contributed by atoms with Crippen LogP contribution in [0.1, 0.15) is 37.9 Å². The van der Waals surface area contributed by atoms with Gasteiger partial charge in [-0.15, -0.1) is 0 Å². The Morgan fingerprint density at radius 2 is 2.00 bits per heavy atom. The Morgan fingerprint density at radius 3 is 2.65 bits per heavy atom. The third kappa shape index (κ3) is 2.70. The van der Waals surface area contributed by atoms with E-state index < -0.39 is 0 Å². The largest absolute Gasteiger partial charge is 0.449 e. The van der Waals surface area contributed by atoms with Gasteiger partial charge < -0.3 is 4.74 Å². The second-order valence-electron chi connectivity index (χ2n) is 4.13. The Bertz CT molecular complexity index is 437. The molecule has 0 fully saturated rings. The van der Waals surface area contributed by atoms with Crippen LogP contribution in [-0.4, -0.2) is 5.97 Å². The Kier molecular flexibility index (Phi) is 4.20. The van der Waals surface area contributed by atoms with Gasteiger partial charge in [0.15, 0.2) is 6.10 Å². The van der Waals surface area contributed by atoms with Crippen molar-refractivity contribution in [3.63, 3.8) is 0 Å². The van der Waals surface area contributed by atoms with Gasteiger partial charge in [0.25, 0.3) is 0 Å². The third-order valence-corrected chi connectivity index (χ3v) is 4.09. The fraction of sp³-hybridized carbons (Fsp3) is 0.357. The highest BCUT2D eigenvalue weighted by atomic mass is 127. The SMILES string of the molecule is CCCCC1=C(I)[C@@H](c2ccccc2)OC1=O. The van der Waals surface area contributed by atoms with Crippen LogP contribution < -0.4 is 0 Å². The van der Waals surface area contributed by atoms with Crippen molar-refractivity contribution in [1.29, 1.82) is 0 Å². The second kappa shape index (κ2) is 5.67. The van der Waals surface area contributed by atoms with Gasteiger partial charge in [-0.2, -0.15) is 0 Å². The van der Waals surface area contributed by atoms with Gasteiger partial charge >= 0.3 is 5.97 Å². The maximum absolute atomic E-state index is 11.8. The van der Waals surface area contributed by atoms with E-state index in [0.717, 1.165) is 34.0 Å². The van der Waals surface area contributed by atoms with Gasteiger partial charge in [0.1, 0.15) is 0 Å². The first-order valence-electron chi connectivity index (χ1n) is 5.88. The van der Waals surface area contributed by atoms with Crippen molar-refractivity contribution in [3.05, 3.63) is 45.0 Å². The Hall–Kier alpha value is -0.840. The second-order valence-corrected chi connectivity index (χ2v) is 5.29. The Balaban J connectivity index is 2.22. The lowest BCUT2D eigenvalue weighted by Crippen LogP contribution is -2.02. The van der Waals surface area contributed by atoms with E-state index in [4.69, 9.17) is 4.74 Å². The average molecular weight is 342 g/mol. The predicted octanol–water partition coefficient (Wildman–Crippen LogP) is 4.16. The molecule has 0 unspecified atom stereocenters. The highest BCUT2D eigenvalue weighted by Crippen LogP contribution is 2.40. The maximum atomic E-state index is 11.8. The summed E-state index contributed by atoms with van der Waals surface area (Å²) in [5.74, 6) is -0.142. The minimum atomic E-state index is -0.184. The van der Waals surface area contributed by atoms with E-state index in [-0.39, 0.29) is 12.1 Å². The number of unbranched alkanes of at least 4 members (excludes halogenated alkanes) is 1. The molecule has 90 valence electrons. The fourth-order valence-electron chi connectivity index (χ4n) is 1.90. The van der Waals surface area contributed by atoms with Gasteiger partial charge in [0, 0.05) is 3.58 Å². The first kappa shape index (κ1) is 12.6. The zero-order valence-electron chi connectivity index (χ0n) is 9.78. The first-order valence-corrected chi connectivity index (χ1v) is 6.96. The summed E-state index contributed by atoms with van der Waals surface area (Å²) in [6.45, 7) is 2.13. The molecule has 3 heteroatoms. The fourth-order valence-corrected chi connectivity index (χ4v) is 2.88. The maximum Gasteiger partial charge on any atom is 0.335 e. The van der Waals surface area contributed by atoms with E-state index in [9.17, 15) is 4.79 Å². The van der Waals surface area contributed by atoms with Gasteiger partial charge in [-0.25, -0.2) is 4.79 Å². The molecule has 1 aromatic carbocycles. The van der Waals surface area contributed by atoms with Gasteiger partial charge in [-0.05, 0) is 41.0 Å². The molecule has 0 spiro atoms. The molecule has 0 bridgehead atoms. The Morgan fingerprint density at radius 1 is 1.29 bits per heavy atom. The minimum absolute atomic E-state index is 0.142. The monoisotopic (exact) mass is 342 g/mol. The lowest BCUT2D eigenvalue weighted by Gasteiger charge is -2.10. The molecule has 0 aromatic heterocycles. The number of hydrogen-bond acceptors (Lipinski definition) is 2. The summed E-state index contributed by atoms with van der Waals surface area (Å²) in [5.41, 5.74) is 1.91. The molecular weight excluding hydrogens is 327 g/mol. The molecule has 0 amide bonds. The summed E-state index contributed by atoms with van der Waals surface area (Å²) >= 11 is 2.25. The average Bonchev–Trinajstić information content (AvgIpc) is 2.64. The summed E-state index contributed by atoms with van der Waals surface area (Å²) in [7, 11) is 0. The van der Waals surface area contributed by atoms with Crippen LogP contribution in [0.3, 0.4) is 0 Å². The van der Waals surface area contributed by atoms with Crippen LogP contribution >= 0.6 is 22.6 Å². The van der Waals surface area contributed by atoms with Crippen LogP contribution in [0.2, 0.25) is 0 Å². The highest BCUT2D eigenvalue weighted by molar-refractivity contribution is 14.1. The molecule has 17 heavy (non-hydrogen) atoms. The number of hydrogen-bond donors (Lipinski definition) is 0. The molecule has 1 heterocycles. The molecule has 0 radical (unpaired) electrons. The molecule has 1 aliphatic rings. The van der Waals surface area contributed by atoms with Gasteiger partial charge in [0.05, 0.1) is 5.57 Å². The van der Waals surface area contributed by atoms with E-state index in [1.54, 1.807) is 0 Å². The number of halogens is 1. The zero-order chi connectivity index (χ0) is 12.3. The van der Waals surface area contributed by atoms with E-state index in [0.29, 0.717) is 0 Å². The number of carbonyl (C=O) groups is 1. The first-order chi connectivity index (χ1) is 8.24.